The third kappa shape index (κ3) is 2.59. The van der Waals surface area contributed by atoms with E-state index in [1.54, 1.807) is 12.3 Å². The molecule has 1 aliphatic carbocycles. The summed E-state index contributed by atoms with van der Waals surface area (Å²) in [5.74, 6) is 0.702. The number of nitrogens with one attached hydrogen (secondary N) is 1. The summed E-state index contributed by atoms with van der Waals surface area (Å²) in [6, 6.07) is 4.99. The lowest BCUT2D eigenvalue weighted by Gasteiger charge is -2.35. The van der Waals surface area contributed by atoms with Crippen molar-refractivity contribution in [3.8, 4) is 6.07 Å². The summed E-state index contributed by atoms with van der Waals surface area (Å²) >= 11 is 0. The van der Waals surface area contributed by atoms with Gasteiger partial charge in [0.05, 0.1) is 11.8 Å². The Hall–Kier alpha value is -1.67. The SMILES string of the molecule is CNC1CCC(N(C)c2nnccc2C#N)CC1. The molecule has 0 bridgehead atoms. The summed E-state index contributed by atoms with van der Waals surface area (Å²) in [5, 5.41) is 20.4. The second-order valence-electron chi connectivity index (χ2n) is 4.79. The van der Waals surface area contributed by atoms with Crippen LogP contribution in [0.3, 0.4) is 0 Å². The van der Waals surface area contributed by atoms with Gasteiger partial charge in [-0.25, -0.2) is 0 Å². The van der Waals surface area contributed by atoms with Crippen LogP contribution in [-0.4, -0.2) is 36.4 Å². The first kappa shape index (κ1) is 12.8. The Morgan fingerprint density at radius 1 is 1.39 bits per heavy atom. The Balaban J connectivity index is 2.08. The Kier molecular flexibility index (Phi) is 4.11. The molecule has 0 atom stereocenters. The third-order valence-electron chi connectivity index (χ3n) is 3.81. The van der Waals surface area contributed by atoms with E-state index in [-0.39, 0.29) is 0 Å². The lowest BCUT2D eigenvalue weighted by Crippen LogP contribution is -2.40. The fourth-order valence-corrected chi connectivity index (χ4v) is 2.60. The summed E-state index contributed by atoms with van der Waals surface area (Å²) in [4.78, 5) is 2.11. The first-order valence-corrected chi connectivity index (χ1v) is 6.38. The molecule has 0 aromatic carbocycles. The van der Waals surface area contributed by atoms with Crippen LogP contribution in [-0.2, 0) is 0 Å². The highest BCUT2D eigenvalue weighted by atomic mass is 15.3. The first-order valence-electron chi connectivity index (χ1n) is 6.38. The Bertz CT molecular complexity index is 431. The van der Waals surface area contributed by atoms with Crippen molar-refractivity contribution in [3.63, 3.8) is 0 Å². The average Bonchev–Trinajstić information content (AvgIpc) is 2.46. The van der Waals surface area contributed by atoms with Crippen LogP contribution < -0.4 is 10.2 Å². The number of hydrogen-bond acceptors (Lipinski definition) is 5. The van der Waals surface area contributed by atoms with E-state index in [2.05, 4.69) is 26.5 Å². The van der Waals surface area contributed by atoms with E-state index in [4.69, 9.17) is 5.26 Å². The second-order valence-corrected chi connectivity index (χ2v) is 4.79. The number of rotatable bonds is 3. The number of hydrogen-bond donors (Lipinski definition) is 1. The van der Waals surface area contributed by atoms with E-state index in [1.807, 2.05) is 14.1 Å². The van der Waals surface area contributed by atoms with Gasteiger partial charge in [0.2, 0.25) is 0 Å². The molecule has 1 fully saturated rings. The number of nitriles is 1. The van der Waals surface area contributed by atoms with Gasteiger partial charge < -0.3 is 10.2 Å². The smallest absolute Gasteiger partial charge is 0.169 e. The molecular weight excluding hydrogens is 226 g/mol. The molecule has 0 unspecified atom stereocenters. The summed E-state index contributed by atoms with van der Waals surface area (Å²) in [5.41, 5.74) is 0.600. The van der Waals surface area contributed by atoms with Gasteiger partial charge >= 0.3 is 0 Å². The molecule has 96 valence electrons. The van der Waals surface area contributed by atoms with Crippen molar-refractivity contribution in [2.24, 2.45) is 0 Å². The van der Waals surface area contributed by atoms with E-state index in [1.165, 1.54) is 12.8 Å². The van der Waals surface area contributed by atoms with E-state index in [0.717, 1.165) is 12.8 Å². The molecule has 1 aromatic heterocycles. The number of anilines is 1. The van der Waals surface area contributed by atoms with Crippen LogP contribution in [0, 0.1) is 11.3 Å². The first-order chi connectivity index (χ1) is 8.76. The summed E-state index contributed by atoms with van der Waals surface area (Å²) < 4.78 is 0. The molecule has 0 spiro atoms. The van der Waals surface area contributed by atoms with Crippen molar-refractivity contribution in [1.82, 2.24) is 15.5 Å². The van der Waals surface area contributed by atoms with Gasteiger partial charge in [-0.2, -0.15) is 10.4 Å². The van der Waals surface area contributed by atoms with Crippen molar-refractivity contribution >= 4 is 5.82 Å². The Labute approximate surface area is 108 Å². The molecule has 2 rings (SSSR count). The molecule has 0 aliphatic heterocycles. The molecule has 5 heteroatoms. The number of aromatic nitrogens is 2. The molecule has 1 saturated carbocycles. The van der Waals surface area contributed by atoms with Gasteiger partial charge in [-0.05, 0) is 38.8 Å². The zero-order valence-electron chi connectivity index (χ0n) is 10.9. The van der Waals surface area contributed by atoms with Crippen LogP contribution in [0.5, 0.6) is 0 Å². The molecular formula is C13H19N5. The molecule has 0 amide bonds. The topological polar surface area (TPSA) is 64.8 Å². The summed E-state index contributed by atoms with van der Waals surface area (Å²) in [7, 11) is 4.03. The lowest BCUT2D eigenvalue weighted by atomic mass is 9.90. The zero-order chi connectivity index (χ0) is 13.0. The fraction of sp³-hybridized carbons (Fsp3) is 0.615. The Morgan fingerprint density at radius 2 is 2.11 bits per heavy atom. The van der Waals surface area contributed by atoms with Gasteiger partial charge in [0.25, 0.3) is 0 Å². The van der Waals surface area contributed by atoms with Gasteiger partial charge in [-0.15, -0.1) is 5.10 Å². The largest absolute Gasteiger partial charge is 0.354 e. The highest BCUT2D eigenvalue weighted by molar-refractivity contribution is 5.52. The zero-order valence-corrected chi connectivity index (χ0v) is 10.9. The minimum atomic E-state index is 0.457. The van der Waals surface area contributed by atoms with Gasteiger partial charge in [-0.1, -0.05) is 0 Å². The predicted molar refractivity (Wildman–Crippen MR) is 70.3 cm³/mol. The molecule has 1 heterocycles. The van der Waals surface area contributed by atoms with E-state index in [0.29, 0.717) is 23.5 Å². The van der Waals surface area contributed by atoms with Gasteiger partial charge in [0.15, 0.2) is 5.82 Å². The number of nitrogens with zero attached hydrogens (tertiary/aromatic N) is 4. The molecule has 0 saturated heterocycles. The summed E-state index contributed by atoms with van der Waals surface area (Å²) in [6.07, 6.45) is 6.17. The molecule has 0 radical (unpaired) electrons. The van der Waals surface area contributed by atoms with E-state index >= 15 is 0 Å². The van der Waals surface area contributed by atoms with E-state index in [9.17, 15) is 0 Å². The van der Waals surface area contributed by atoms with Crippen molar-refractivity contribution in [3.05, 3.63) is 17.8 Å². The van der Waals surface area contributed by atoms with Crippen molar-refractivity contribution in [2.75, 3.05) is 19.0 Å². The average molecular weight is 245 g/mol. The maximum atomic E-state index is 9.09. The molecule has 1 N–H and O–H groups in total. The van der Waals surface area contributed by atoms with Gasteiger partial charge in [0.1, 0.15) is 6.07 Å². The quantitative estimate of drug-likeness (QED) is 0.870. The van der Waals surface area contributed by atoms with Crippen LogP contribution in [0.2, 0.25) is 0 Å². The van der Waals surface area contributed by atoms with Crippen LogP contribution in [0.1, 0.15) is 31.2 Å². The minimum Gasteiger partial charge on any atom is -0.354 e. The summed E-state index contributed by atoms with van der Waals surface area (Å²) in [6.45, 7) is 0. The van der Waals surface area contributed by atoms with Gasteiger partial charge in [-0.3, -0.25) is 0 Å². The highest BCUT2D eigenvalue weighted by Gasteiger charge is 2.25. The van der Waals surface area contributed by atoms with Crippen LogP contribution in [0.4, 0.5) is 5.82 Å². The maximum Gasteiger partial charge on any atom is 0.169 e. The monoisotopic (exact) mass is 245 g/mol. The molecule has 5 nitrogen and oxygen atoms in total. The molecule has 1 aliphatic rings. The van der Waals surface area contributed by atoms with Crippen molar-refractivity contribution in [1.29, 1.82) is 5.26 Å². The van der Waals surface area contributed by atoms with Gasteiger partial charge in [0, 0.05) is 19.1 Å². The van der Waals surface area contributed by atoms with Crippen LogP contribution >= 0.6 is 0 Å². The molecule has 18 heavy (non-hydrogen) atoms. The van der Waals surface area contributed by atoms with Crippen LogP contribution in [0.15, 0.2) is 12.3 Å². The predicted octanol–water partition coefficient (Wildman–Crippen LogP) is 1.32. The van der Waals surface area contributed by atoms with Crippen molar-refractivity contribution < 1.29 is 0 Å². The lowest BCUT2D eigenvalue weighted by molar-refractivity contribution is 0.350. The minimum absolute atomic E-state index is 0.457. The standard InChI is InChI=1S/C13H19N5/c1-15-11-3-5-12(6-4-11)18(2)13-10(9-14)7-8-16-17-13/h7-8,11-12,15H,3-6H2,1-2H3. The normalized spacial score (nSPS) is 23.4. The van der Waals surface area contributed by atoms with E-state index < -0.39 is 0 Å². The van der Waals surface area contributed by atoms with Crippen LogP contribution in [0.25, 0.3) is 0 Å². The highest BCUT2D eigenvalue weighted by Crippen LogP contribution is 2.26. The van der Waals surface area contributed by atoms with Crippen molar-refractivity contribution in [2.45, 2.75) is 37.8 Å². The third-order valence-corrected chi connectivity index (χ3v) is 3.81. The fourth-order valence-electron chi connectivity index (χ4n) is 2.60. The maximum absolute atomic E-state index is 9.09. The molecule has 1 aromatic rings. The second kappa shape index (κ2) is 5.78. The Morgan fingerprint density at radius 3 is 2.72 bits per heavy atom.